The van der Waals surface area contributed by atoms with Crippen molar-refractivity contribution in [3.63, 3.8) is 0 Å². The lowest BCUT2D eigenvalue weighted by Gasteiger charge is -2.12. The summed E-state index contributed by atoms with van der Waals surface area (Å²) in [5.41, 5.74) is 2.60. The van der Waals surface area contributed by atoms with Crippen LogP contribution in [0.15, 0.2) is 59.1 Å². The van der Waals surface area contributed by atoms with Gasteiger partial charge in [0.05, 0.1) is 0 Å². The summed E-state index contributed by atoms with van der Waals surface area (Å²) in [6.07, 6.45) is 3.50. The van der Waals surface area contributed by atoms with Gasteiger partial charge in [0.1, 0.15) is 5.52 Å². The Morgan fingerprint density at radius 1 is 1.23 bits per heavy atom. The summed E-state index contributed by atoms with van der Waals surface area (Å²) in [5.74, 6) is 0.110. The van der Waals surface area contributed by atoms with Crippen LogP contribution in [0.2, 0.25) is 0 Å². The third-order valence-electron chi connectivity index (χ3n) is 3.60. The molecule has 4 nitrogen and oxygen atoms in total. The molecular weight excluding hydrogens is 276 g/mol. The number of furan rings is 1. The van der Waals surface area contributed by atoms with Crippen molar-refractivity contribution in [1.82, 2.24) is 10.3 Å². The van der Waals surface area contributed by atoms with E-state index in [1.54, 1.807) is 24.4 Å². The molecule has 0 saturated carbocycles. The summed E-state index contributed by atoms with van der Waals surface area (Å²) >= 11 is 0. The Morgan fingerprint density at radius 2 is 2.05 bits per heavy atom. The number of rotatable bonds is 5. The van der Waals surface area contributed by atoms with Crippen molar-refractivity contribution in [3.05, 3.63) is 66.1 Å². The lowest BCUT2D eigenvalue weighted by Crippen LogP contribution is -2.32. The van der Waals surface area contributed by atoms with E-state index in [2.05, 4.69) is 22.4 Å². The summed E-state index contributed by atoms with van der Waals surface area (Å²) in [7, 11) is 0. The molecule has 22 heavy (non-hydrogen) atoms. The maximum Gasteiger partial charge on any atom is 0.287 e. The van der Waals surface area contributed by atoms with E-state index in [4.69, 9.17) is 4.42 Å². The fourth-order valence-electron chi connectivity index (χ4n) is 2.38. The molecule has 0 fully saturated rings. The first-order chi connectivity index (χ1) is 10.7. The molecular formula is C18H18N2O2. The SMILES string of the molecule is CC(CCc1ccccc1)NC(=O)c1cc2ncccc2o1. The smallest absolute Gasteiger partial charge is 0.287 e. The number of nitrogens with zero attached hydrogens (tertiary/aromatic N) is 1. The van der Waals surface area contributed by atoms with E-state index in [9.17, 15) is 4.79 Å². The second kappa shape index (κ2) is 6.43. The van der Waals surface area contributed by atoms with Crippen molar-refractivity contribution in [1.29, 1.82) is 0 Å². The number of amides is 1. The number of aryl methyl sites for hydroxylation is 1. The Hall–Kier alpha value is -2.62. The van der Waals surface area contributed by atoms with E-state index in [0.717, 1.165) is 12.8 Å². The van der Waals surface area contributed by atoms with Gasteiger partial charge in [0, 0.05) is 18.3 Å². The van der Waals surface area contributed by atoms with Gasteiger partial charge in [-0.05, 0) is 37.5 Å². The molecule has 4 heteroatoms. The average molecular weight is 294 g/mol. The lowest BCUT2D eigenvalue weighted by molar-refractivity contribution is 0.0912. The van der Waals surface area contributed by atoms with Gasteiger partial charge in [-0.15, -0.1) is 0 Å². The van der Waals surface area contributed by atoms with Crippen molar-refractivity contribution in [2.45, 2.75) is 25.8 Å². The van der Waals surface area contributed by atoms with Gasteiger partial charge in [-0.25, -0.2) is 0 Å². The van der Waals surface area contributed by atoms with Crippen LogP contribution < -0.4 is 5.32 Å². The van der Waals surface area contributed by atoms with Crippen molar-refractivity contribution >= 4 is 17.0 Å². The van der Waals surface area contributed by atoms with Gasteiger partial charge < -0.3 is 9.73 Å². The summed E-state index contributed by atoms with van der Waals surface area (Å²) in [4.78, 5) is 16.4. The summed E-state index contributed by atoms with van der Waals surface area (Å²) in [6, 6.07) is 15.6. The largest absolute Gasteiger partial charge is 0.449 e. The standard InChI is InChI=1S/C18H18N2O2/c1-13(9-10-14-6-3-2-4-7-14)20-18(21)17-12-15-16(22-17)8-5-11-19-15/h2-8,11-13H,9-10H2,1H3,(H,20,21). The van der Waals surface area contributed by atoms with E-state index in [-0.39, 0.29) is 11.9 Å². The maximum atomic E-state index is 12.2. The molecule has 1 N–H and O–H groups in total. The summed E-state index contributed by atoms with van der Waals surface area (Å²) < 4.78 is 5.52. The molecule has 0 aliphatic heterocycles. The van der Waals surface area contributed by atoms with E-state index in [1.165, 1.54) is 5.56 Å². The maximum absolute atomic E-state index is 12.2. The molecule has 0 aliphatic rings. The zero-order chi connectivity index (χ0) is 15.4. The van der Waals surface area contributed by atoms with Gasteiger partial charge in [0.2, 0.25) is 0 Å². The topological polar surface area (TPSA) is 55.1 Å². The van der Waals surface area contributed by atoms with E-state index in [0.29, 0.717) is 16.9 Å². The zero-order valence-electron chi connectivity index (χ0n) is 12.5. The number of hydrogen-bond acceptors (Lipinski definition) is 3. The highest BCUT2D eigenvalue weighted by Gasteiger charge is 2.15. The van der Waals surface area contributed by atoms with Gasteiger partial charge in [-0.3, -0.25) is 9.78 Å². The van der Waals surface area contributed by atoms with Gasteiger partial charge in [-0.2, -0.15) is 0 Å². The Morgan fingerprint density at radius 3 is 2.82 bits per heavy atom. The van der Waals surface area contributed by atoms with E-state index < -0.39 is 0 Å². The molecule has 1 atom stereocenters. The highest BCUT2D eigenvalue weighted by molar-refractivity contribution is 5.95. The first-order valence-electron chi connectivity index (χ1n) is 7.42. The molecule has 1 amide bonds. The number of benzene rings is 1. The zero-order valence-corrected chi connectivity index (χ0v) is 12.5. The van der Waals surface area contributed by atoms with E-state index >= 15 is 0 Å². The Labute approximate surface area is 129 Å². The number of fused-ring (bicyclic) bond motifs is 1. The monoisotopic (exact) mass is 294 g/mol. The van der Waals surface area contributed by atoms with Crippen LogP contribution in [0.3, 0.4) is 0 Å². The average Bonchev–Trinajstić information content (AvgIpc) is 2.98. The third kappa shape index (κ3) is 3.34. The number of pyridine rings is 1. The first kappa shape index (κ1) is 14.3. The van der Waals surface area contributed by atoms with Gasteiger partial charge >= 0.3 is 0 Å². The second-order valence-corrected chi connectivity index (χ2v) is 5.40. The second-order valence-electron chi connectivity index (χ2n) is 5.40. The molecule has 1 unspecified atom stereocenters. The molecule has 0 saturated heterocycles. The van der Waals surface area contributed by atoms with Crippen LogP contribution in [0.1, 0.15) is 29.5 Å². The van der Waals surface area contributed by atoms with E-state index in [1.807, 2.05) is 25.1 Å². The number of aromatic nitrogens is 1. The van der Waals surface area contributed by atoms with Crippen LogP contribution in [0.5, 0.6) is 0 Å². The fourth-order valence-corrected chi connectivity index (χ4v) is 2.38. The van der Waals surface area contributed by atoms with Crippen LogP contribution in [0, 0.1) is 0 Å². The summed E-state index contributed by atoms with van der Waals surface area (Å²) in [6.45, 7) is 2.00. The first-order valence-corrected chi connectivity index (χ1v) is 7.42. The lowest BCUT2D eigenvalue weighted by atomic mass is 10.1. The molecule has 0 bridgehead atoms. The van der Waals surface area contributed by atoms with Crippen LogP contribution >= 0.6 is 0 Å². The minimum atomic E-state index is -0.196. The van der Waals surface area contributed by atoms with Crippen molar-refractivity contribution in [3.8, 4) is 0 Å². The van der Waals surface area contributed by atoms with Crippen molar-refractivity contribution in [2.75, 3.05) is 0 Å². The van der Waals surface area contributed by atoms with Crippen LogP contribution in [-0.4, -0.2) is 16.9 Å². The predicted octanol–water partition coefficient (Wildman–Crippen LogP) is 3.58. The predicted molar refractivity (Wildman–Crippen MR) is 85.7 cm³/mol. The summed E-state index contributed by atoms with van der Waals surface area (Å²) in [5, 5.41) is 2.97. The Balaban J connectivity index is 1.58. The minimum Gasteiger partial charge on any atom is -0.449 e. The van der Waals surface area contributed by atoms with Crippen molar-refractivity contribution < 1.29 is 9.21 Å². The molecule has 3 aromatic rings. The third-order valence-corrected chi connectivity index (χ3v) is 3.60. The molecule has 0 radical (unpaired) electrons. The quantitative estimate of drug-likeness (QED) is 0.782. The van der Waals surface area contributed by atoms with Gasteiger partial charge in [-0.1, -0.05) is 30.3 Å². The molecule has 2 heterocycles. The molecule has 0 aliphatic carbocycles. The van der Waals surface area contributed by atoms with Crippen LogP contribution in [0.4, 0.5) is 0 Å². The van der Waals surface area contributed by atoms with Crippen LogP contribution in [0.25, 0.3) is 11.1 Å². The van der Waals surface area contributed by atoms with Crippen molar-refractivity contribution in [2.24, 2.45) is 0 Å². The van der Waals surface area contributed by atoms with Gasteiger partial charge in [0.25, 0.3) is 5.91 Å². The molecule has 1 aromatic carbocycles. The highest BCUT2D eigenvalue weighted by atomic mass is 16.3. The number of carbonyl (C=O) groups excluding carboxylic acids is 1. The molecule has 0 spiro atoms. The molecule has 112 valence electrons. The van der Waals surface area contributed by atoms with Crippen LogP contribution in [-0.2, 0) is 6.42 Å². The molecule has 2 aromatic heterocycles. The number of carbonyl (C=O) groups is 1. The Bertz CT molecular complexity index is 732. The highest BCUT2D eigenvalue weighted by Crippen LogP contribution is 2.16. The van der Waals surface area contributed by atoms with Gasteiger partial charge in [0.15, 0.2) is 11.3 Å². The number of hydrogen-bond donors (Lipinski definition) is 1. The number of nitrogens with one attached hydrogen (secondary N) is 1. The Kier molecular flexibility index (Phi) is 4.19. The minimum absolute atomic E-state index is 0.0777. The molecule has 3 rings (SSSR count). The normalized spacial score (nSPS) is 12.2. The fraction of sp³-hybridized carbons (Fsp3) is 0.222.